The Balaban J connectivity index is 0.00000400. The van der Waals surface area contributed by atoms with Crippen LogP contribution >= 0.6 is 12.4 Å². The van der Waals surface area contributed by atoms with Gasteiger partial charge >= 0.3 is 5.97 Å². The Kier molecular flexibility index (Phi) is 6.88. The standard InChI is InChI=1S/C12H20N2O5S.ClH/c1-12(2,7-13)8-14(3)20(16,17)10-5-9(6-19-10)11(15)18-4;/h5-6H,7-8,13H2,1-4H3;1H. The molecule has 0 saturated heterocycles. The summed E-state index contributed by atoms with van der Waals surface area (Å²) in [5, 5.41) is -0.298. The molecule has 0 unspecified atom stereocenters. The maximum absolute atomic E-state index is 12.3. The van der Waals surface area contributed by atoms with Gasteiger partial charge in [0.1, 0.15) is 6.26 Å². The molecule has 0 fully saturated rings. The molecule has 122 valence electrons. The van der Waals surface area contributed by atoms with Crippen molar-refractivity contribution in [2.45, 2.75) is 18.9 Å². The highest BCUT2D eigenvalue weighted by atomic mass is 35.5. The SMILES string of the molecule is COC(=O)c1coc(S(=O)(=O)N(C)CC(C)(C)CN)c1.Cl. The number of sulfonamides is 1. The Morgan fingerprint density at radius 1 is 1.48 bits per heavy atom. The van der Waals surface area contributed by atoms with Crippen LogP contribution in [0.3, 0.4) is 0 Å². The number of hydrogen-bond acceptors (Lipinski definition) is 6. The summed E-state index contributed by atoms with van der Waals surface area (Å²) in [6.07, 6.45) is 1.06. The molecule has 1 aromatic heterocycles. The van der Waals surface area contributed by atoms with Crippen molar-refractivity contribution in [2.24, 2.45) is 11.1 Å². The molecule has 1 heterocycles. The van der Waals surface area contributed by atoms with E-state index in [2.05, 4.69) is 4.74 Å². The zero-order valence-electron chi connectivity index (χ0n) is 12.5. The summed E-state index contributed by atoms with van der Waals surface area (Å²) in [5.41, 5.74) is 5.28. The number of furan rings is 1. The highest BCUT2D eigenvalue weighted by Gasteiger charge is 2.30. The third-order valence-corrected chi connectivity index (χ3v) is 4.54. The van der Waals surface area contributed by atoms with E-state index in [1.165, 1.54) is 14.2 Å². The molecular weight excluding hydrogens is 320 g/mol. The number of nitrogens with zero attached hydrogens (tertiary/aromatic N) is 1. The van der Waals surface area contributed by atoms with Crippen LogP contribution in [-0.2, 0) is 14.8 Å². The van der Waals surface area contributed by atoms with Gasteiger partial charge in [-0.3, -0.25) is 0 Å². The van der Waals surface area contributed by atoms with Crippen LogP contribution in [0.1, 0.15) is 24.2 Å². The number of nitrogens with two attached hydrogens (primary N) is 1. The minimum atomic E-state index is -3.80. The number of esters is 1. The van der Waals surface area contributed by atoms with Crippen LogP contribution < -0.4 is 5.73 Å². The first-order valence-electron chi connectivity index (χ1n) is 5.97. The first kappa shape index (κ1) is 19.9. The molecule has 0 bridgehead atoms. The second-order valence-electron chi connectivity index (χ2n) is 5.28. The first-order chi connectivity index (χ1) is 9.14. The monoisotopic (exact) mass is 340 g/mol. The quantitative estimate of drug-likeness (QED) is 0.778. The average Bonchev–Trinajstić information content (AvgIpc) is 2.87. The summed E-state index contributed by atoms with van der Waals surface area (Å²) in [6, 6.07) is 1.15. The molecule has 1 rings (SSSR count). The van der Waals surface area contributed by atoms with E-state index in [-0.39, 0.29) is 35.0 Å². The molecule has 0 atom stereocenters. The van der Waals surface area contributed by atoms with Crippen molar-refractivity contribution in [2.75, 3.05) is 27.2 Å². The molecule has 9 heteroatoms. The van der Waals surface area contributed by atoms with E-state index in [4.69, 9.17) is 10.2 Å². The second-order valence-corrected chi connectivity index (χ2v) is 7.25. The Labute approximate surface area is 130 Å². The highest BCUT2D eigenvalue weighted by molar-refractivity contribution is 7.89. The van der Waals surface area contributed by atoms with Gasteiger partial charge in [-0.15, -0.1) is 12.4 Å². The number of carbonyl (C=O) groups is 1. The fourth-order valence-corrected chi connectivity index (χ4v) is 2.85. The van der Waals surface area contributed by atoms with Crippen molar-refractivity contribution in [3.63, 3.8) is 0 Å². The maximum Gasteiger partial charge on any atom is 0.341 e. The highest BCUT2D eigenvalue weighted by Crippen LogP contribution is 2.22. The Hall–Kier alpha value is -1.09. The van der Waals surface area contributed by atoms with Gasteiger partial charge in [0, 0.05) is 19.7 Å². The van der Waals surface area contributed by atoms with Gasteiger partial charge in [-0.25, -0.2) is 13.2 Å². The Morgan fingerprint density at radius 3 is 2.52 bits per heavy atom. The van der Waals surface area contributed by atoms with Crippen LogP contribution in [0.5, 0.6) is 0 Å². The molecule has 21 heavy (non-hydrogen) atoms. The van der Waals surface area contributed by atoms with E-state index in [9.17, 15) is 13.2 Å². The fraction of sp³-hybridized carbons (Fsp3) is 0.583. The van der Waals surface area contributed by atoms with Gasteiger partial charge in [0.15, 0.2) is 0 Å². The van der Waals surface area contributed by atoms with E-state index >= 15 is 0 Å². The van der Waals surface area contributed by atoms with Gasteiger partial charge in [0.25, 0.3) is 10.0 Å². The summed E-state index contributed by atoms with van der Waals surface area (Å²) in [4.78, 5) is 11.3. The van der Waals surface area contributed by atoms with Crippen LogP contribution in [0.2, 0.25) is 0 Å². The molecule has 0 aliphatic rings. The number of halogens is 1. The van der Waals surface area contributed by atoms with Gasteiger partial charge in [-0.2, -0.15) is 4.31 Å². The summed E-state index contributed by atoms with van der Waals surface area (Å²) in [5.74, 6) is -0.653. The van der Waals surface area contributed by atoms with Gasteiger partial charge in [0.05, 0.1) is 12.7 Å². The molecule has 0 aliphatic heterocycles. The molecule has 0 aliphatic carbocycles. The van der Waals surface area contributed by atoms with Crippen molar-refractivity contribution in [3.8, 4) is 0 Å². The van der Waals surface area contributed by atoms with Gasteiger partial charge in [0.2, 0.25) is 5.09 Å². The van der Waals surface area contributed by atoms with E-state index < -0.39 is 16.0 Å². The van der Waals surface area contributed by atoms with Crippen LogP contribution in [0.15, 0.2) is 21.8 Å². The van der Waals surface area contributed by atoms with Gasteiger partial charge in [-0.05, 0) is 12.0 Å². The number of methoxy groups -OCH3 is 1. The average molecular weight is 341 g/mol. The fourth-order valence-electron chi connectivity index (χ4n) is 1.58. The first-order valence-corrected chi connectivity index (χ1v) is 7.41. The summed E-state index contributed by atoms with van der Waals surface area (Å²) in [6.45, 7) is 4.31. The van der Waals surface area contributed by atoms with Crippen LogP contribution in [0.4, 0.5) is 0 Å². The molecule has 7 nitrogen and oxygen atoms in total. The summed E-state index contributed by atoms with van der Waals surface area (Å²) < 4.78 is 35.2. The smallest absolute Gasteiger partial charge is 0.341 e. The number of ether oxygens (including phenoxy) is 1. The third-order valence-electron chi connectivity index (χ3n) is 2.86. The van der Waals surface area contributed by atoms with Crippen molar-refractivity contribution in [1.82, 2.24) is 4.31 Å². The maximum atomic E-state index is 12.3. The van der Waals surface area contributed by atoms with Crippen molar-refractivity contribution in [3.05, 3.63) is 17.9 Å². The van der Waals surface area contributed by atoms with Gasteiger partial charge in [-0.1, -0.05) is 13.8 Å². The molecule has 2 N–H and O–H groups in total. The molecule has 0 amide bonds. The third kappa shape index (κ3) is 4.70. The van der Waals surface area contributed by atoms with Crippen molar-refractivity contribution in [1.29, 1.82) is 0 Å². The molecule has 0 radical (unpaired) electrons. The predicted molar refractivity (Wildman–Crippen MR) is 79.9 cm³/mol. The molecule has 0 aromatic carbocycles. The molecule has 0 saturated carbocycles. The van der Waals surface area contributed by atoms with E-state index in [0.717, 1.165) is 16.6 Å². The minimum absolute atomic E-state index is 0. The van der Waals surface area contributed by atoms with E-state index in [1.807, 2.05) is 13.8 Å². The predicted octanol–water partition coefficient (Wildman–Crippen LogP) is 1.09. The topological polar surface area (TPSA) is 103 Å². The lowest BCUT2D eigenvalue weighted by atomic mass is 9.94. The zero-order valence-corrected chi connectivity index (χ0v) is 14.1. The Morgan fingerprint density at radius 2 is 2.05 bits per heavy atom. The van der Waals surface area contributed by atoms with E-state index in [0.29, 0.717) is 6.54 Å². The minimum Gasteiger partial charge on any atom is -0.465 e. The lowest BCUT2D eigenvalue weighted by Gasteiger charge is -2.27. The normalized spacial score (nSPS) is 12.1. The van der Waals surface area contributed by atoms with Crippen LogP contribution in [0, 0.1) is 5.41 Å². The summed E-state index contributed by atoms with van der Waals surface area (Å²) >= 11 is 0. The number of rotatable bonds is 6. The van der Waals surface area contributed by atoms with Crippen molar-refractivity contribution < 1.29 is 22.4 Å². The lowest BCUT2D eigenvalue weighted by Crippen LogP contribution is -2.39. The number of carbonyl (C=O) groups excluding carboxylic acids is 1. The molecular formula is C12H21ClN2O5S. The Bertz CT molecular complexity index is 582. The van der Waals surface area contributed by atoms with Crippen LogP contribution in [0.25, 0.3) is 0 Å². The molecule has 1 aromatic rings. The zero-order chi connectivity index (χ0) is 15.6. The second kappa shape index (κ2) is 7.26. The molecule has 0 spiro atoms. The van der Waals surface area contributed by atoms with E-state index in [1.54, 1.807) is 0 Å². The van der Waals surface area contributed by atoms with Crippen LogP contribution in [-0.4, -0.2) is 45.9 Å². The summed E-state index contributed by atoms with van der Waals surface area (Å²) in [7, 11) is -1.15. The number of hydrogen-bond donors (Lipinski definition) is 1. The van der Waals surface area contributed by atoms with Gasteiger partial charge < -0.3 is 14.9 Å². The lowest BCUT2D eigenvalue weighted by molar-refractivity contribution is 0.0600. The van der Waals surface area contributed by atoms with Crippen molar-refractivity contribution >= 4 is 28.4 Å². The largest absolute Gasteiger partial charge is 0.465 e.